The lowest BCUT2D eigenvalue weighted by molar-refractivity contribution is 1.26. The number of fused-ring (bicyclic) bond motifs is 1. The zero-order valence-electron chi connectivity index (χ0n) is 9.18. The highest BCUT2D eigenvalue weighted by atomic mass is 14.7. The molecular weight excluding hydrogens is 170 g/mol. The van der Waals surface area contributed by atoms with Gasteiger partial charge >= 0.3 is 0 Å². The first-order valence-electron chi connectivity index (χ1n) is 4.93. The molecule has 1 aromatic heterocycles. The molecule has 0 bridgehead atoms. The molecule has 1 nitrogen and oxygen atoms in total. The quantitative estimate of drug-likeness (QED) is 0.612. The van der Waals surface area contributed by atoms with E-state index >= 15 is 0 Å². The van der Waals surface area contributed by atoms with E-state index in [4.69, 9.17) is 0 Å². The Kier molecular flexibility index (Phi) is 2.03. The molecule has 0 saturated carbocycles. The third kappa shape index (κ3) is 1.29. The third-order valence-corrected chi connectivity index (χ3v) is 3.00. The van der Waals surface area contributed by atoms with Crippen LogP contribution >= 0.6 is 0 Å². The number of rotatable bonds is 0. The summed E-state index contributed by atoms with van der Waals surface area (Å²) in [5.74, 6) is 0. The molecule has 1 heteroatoms. The van der Waals surface area contributed by atoms with Crippen molar-refractivity contribution in [2.75, 3.05) is 0 Å². The van der Waals surface area contributed by atoms with Crippen molar-refractivity contribution in [3.63, 3.8) is 0 Å². The highest BCUT2D eigenvalue weighted by Gasteiger charge is 2.03. The standard InChI is InChI=1S/C13H15N/c1-8-5-12-11(4)10(3)7-14-13(12)6-9(8)2/h5-7H,1-4H3. The van der Waals surface area contributed by atoms with E-state index in [0.29, 0.717) is 0 Å². The van der Waals surface area contributed by atoms with Crippen LogP contribution in [-0.4, -0.2) is 4.98 Å². The molecule has 0 fully saturated rings. The van der Waals surface area contributed by atoms with Crippen molar-refractivity contribution in [3.05, 3.63) is 40.6 Å². The van der Waals surface area contributed by atoms with Crippen LogP contribution in [0.2, 0.25) is 0 Å². The van der Waals surface area contributed by atoms with E-state index in [9.17, 15) is 0 Å². The summed E-state index contributed by atoms with van der Waals surface area (Å²) in [5, 5.41) is 1.29. The summed E-state index contributed by atoms with van der Waals surface area (Å²) < 4.78 is 0. The normalized spacial score (nSPS) is 10.9. The SMILES string of the molecule is Cc1cc2ncc(C)c(C)c2cc1C. The number of aromatic nitrogens is 1. The molecular formula is C13H15N. The molecule has 0 atom stereocenters. The molecule has 0 spiro atoms. The molecule has 0 aliphatic heterocycles. The zero-order valence-corrected chi connectivity index (χ0v) is 9.18. The monoisotopic (exact) mass is 185 g/mol. The topological polar surface area (TPSA) is 12.9 Å². The second kappa shape index (κ2) is 3.09. The van der Waals surface area contributed by atoms with Gasteiger partial charge < -0.3 is 0 Å². The van der Waals surface area contributed by atoms with Gasteiger partial charge in [0.15, 0.2) is 0 Å². The van der Waals surface area contributed by atoms with Crippen LogP contribution in [0.4, 0.5) is 0 Å². The van der Waals surface area contributed by atoms with E-state index in [2.05, 4.69) is 44.8 Å². The summed E-state index contributed by atoms with van der Waals surface area (Å²) in [6.07, 6.45) is 1.95. The van der Waals surface area contributed by atoms with Crippen LogP contribution in [0.25, 0.3) is 10.9 Å². The van der Waals surface area contributed by atoms with Crippen molar-refractivity contribution >= 4 is 10.9 Å². The average Bonchev–Trinajstić information content (AvgIpc) is 2.15. The average molecular weight is 185 g/mol. The Morgan fingerprint density at radius 2 is 1.50 bits per heavy atom. The fourth-order valence-corrected chi connectivity index (χ4v) is 1.68. The number of nitrogens with zero attached hydrogens (tertiary/aromatic N) is 1. The number of pyridine rings is 1. The highest BCUT2D eigenvalue weighted by Crippen LogP contribution is 2.22. The van der Waals surface area contributed by atoms with Gasteiger partial charge in [0.05, 0.1) is 5.52 Å². The molecule has 0 unspecified atom stereocenters. The van der Waals surface area contributed by atoms with Crippen LogP contribution in [0, 0.1) is 27.7 Å². The van der Waals surface area contributed by atoms with Gasteiger partial charge in [-0.2, -0.15) is 0 Å². The van der Waals surface area contributed by atoms with Gasteiger partial charge in [0.2, 0.25) is 0 Å². The molecule has 1 aromatic carbocycles. The maximum atomic E-state index is 4.44. The number of aryl methyl sites for hydroxylation is 4. The van der Waals surface area contributed by atoms with Crippen molar-refractivity contribution in [2.24, 2.45) is 0 Å². The molecule has 0 aliphatic rings. The summed E-state index contributed by atoms with van der Waals surface area (Å²) in [6.45, 7) is 8.55. The van der Waals surface area contributed by atoms with Crippen LogP contribution in [-0.2, 0) is 0 Å². The summed E-state index contributed by atoms with van der Waals surface area (Å²) in [7, 11) is 0. The maximum absolute atomic E-state index is 4.44. The van der Waals surface area contributed by atoms with E-state index < -0.39 is 0 Å². The smallest absolute Gasteiger partial charge is 0.0707 e. The van der Waals surface area contributed by atoms with E-state index in [1.165, 1.54) is 27.6 Å². The van der Waals surface area contributed by atoms with Crippen molar-refractivity contribution in [3.8, 4) is 0 Å². The second-order valence-corrected chi connectivity index (χ2v) is 4.02. The molecule has 0 saturated heterocycles. The largest absolute Gasteiger partial charge is 0.256 e. The van der Waals surface area contributed by atoms with E-state index in [1.54, 1.807) is 0 Å². The summed E-state index contributed by atoms with van der Waals surface area (Å²) in [5.41, 5.74) is 6.37. The van der Waals surface area contributed by atoms with Gasteiger partial charge in [-0.15, -0.1) is 0 Å². The molecule has 0 radical (unpaired) electrons. The van der Waals surface area contributed by atoms with Gasteiger partial charge in [-0.3, -0.25) is 4.98 Å². The van der Waals surface area contributed by atoms with E-state index in [0.717, 1.165) is 5.52 Å². The van der Waals surface area contributed by atoms with Crippen LogP contribution < -0.4 is 0 Å². The van der Waals surface area contributed by atoms with Crippen molar-refractivity contribution in [1.29, 1.82) is 0 Å². The Labute approximate surface area is 84.8 Å². The number of hydrogen-bond donors (Lipinski definition) is 0. The zero-order chi connectivity index (χ0) is 10.3. The van der Waals surface area contributed by atoms with Crippen LogP contribution in [0.5, 0.6) is 0 Å². The summed E-state index contributed by atoms with van der Waals surface area (Å²) in [4.78, 5) is 4.44. The van der Waals surface area contributed by atoms with Gasteiger partial charge in [0.1, 0.15) is 0 Å². The van der Waals surface area contributed by atoms with Crippen molar-refractivity contribution in [2.45, 2.75) is 27.7 Å². The van der Waals surface area contributed by atoms with E-state index in [1.807, 2.05) is 6.20 Å². The Hall–Kier alpha value is -1.37. The van der Waals surface area contributed by atoms with Crippen molar-refractivity contribution < 1.29 is 0 Å². The summed E-state index contributed by atoms with van der Waals surface area (Å²) in [6, 6.07) is 4.40. The Morgan fingerprint density at radius 3 is 2.21 bits per heavy atom. The lowest BCUT2D eigenvalue weighted by Crippen LogP contribution is -1.90. The molecule has 0 amide bonds. The van der Waals surface area contributed by atoms with Gasteiger partial charge in [0.25, 0.3) is 0 Å². The molecule has 2 rings (SSSR count). The predicted molar refractivity (Wildman–Crippen MR) is 60.7 cm³/mol. The van der Waals surface area contributed by atoms with Gasteiger partial charge in [-0.1, -0.05) is 0 Å². The Morgan fingerprint density at radius 1 is 0.857 bits per heavy atom. The van der Waals surface area contributed by atoms with Crippen LogP contribution in [0.15, 0.2) is 18.3 Å². The molecule has 0 aliphatic carbocycles. The molecule has 14 heavy (non-hydrogen) atoms. The van der Waals surface area contributed by atoms with Gasteiger partial charge in [0, 0.05) is 11.6 Å². The minimum absolute atomic E-state index is 1.11. The fraction of sp³-hybridized carbons (Fsp3) is 0.308. The first kappa shape index (κ1) is 9.20. The first-order chi connectivity index (χ1) is 6.59. The van der Waals surface area contributed by atoms with E-state index in [-0.39, 0.29) is 0 Å². The molecule has 72 valence electrons. The second-order valence-electron chi connectivity index (χ2n) is 4.02. The van der Waals surface area contributed by atoms with Crippen molar-refractivity contribution in [1.82, 2.24) is 4.98 Å². The minimum Gasteiger partial charge on any atom is -0.256 e. The lowest BCUT2D eigenvalue weighted by atomic mass is 10.0. The fourth-order valence-electron chi connectivity index (χ4n) is 1.68. The first-order valence-corrected chi connectivity index (χ1v) is 4.93. The molecule has 2 aromatic rings. The Balaban J connectivity index is 2.89. The van der Waals surface area contributed by atoms with Gasteiger partial charge in [-0.05, 0) is 62.1 Å². The van der Waals surface area contributed by atoms with Gasteiger partial charge in [-0.25, -0.2) is 0 Å². The van der Waals surface area contributed by atoms with Crippen LogP contribution in [0.1, 0.15) is 22.3 Å². The Bertz CT molecular complexity index is 498. The minimum atomic E-state index is 1.11. The highest BCUT2D eigenvalue weighted by molar-refractivity contribution is 5.84. The third-order valence-electron chi connectivity index (χ3n) is 3.00. The maximum Gasteiger partial charge on any atom is 0.0707 e. The predicted octanol–water partition coefficient (Wildman–Crippen LogP) is 3.47. The molecule has 0 N–H and O–H groups in total. The summed E-state index contributed by atoms with van der Waals surface area (Å²) >= 11 is 0. The lowest BCUT2D eigenvalue weighted by Gasteiger charge is -2.07. The van der Waals surface area contributed by atoms with Crippen LogP contribution in [0.3, 0.4) is 0 Å². The number of hydrogen-bond acceptors (Lipinski definition) is 1. The number of benzene rings is 1. The molecule has 1 heterocycles.